The molecule has 5 nitrogen and oxygen atoms in total. The van der Waals surface area contributed by atoms with Crippen molar-refractivity contribution in [2.75, 3.05) is 46.5 Å². The van der Waals surface area contributed by atoms with Crippen LogP contribution in [0.1, 0.15) is 43.4 Å². The number of benzene rings is 1. The van der Waals surface area contributed by atoms with Crippen molar-refractivity contribution < 1.29 is 9.47 Å². The average Bonchev–Trinajstić information content (AvgIpc) is 3.17. The summed E-state index contributed by atoms with van der Waals surface area (Å²) in [6, 6.07) is 8.79. The number of rotatable bonds is 6. The molecule has 2 fully saturated rings. The van der Waals surface area contributed by atoms with Crippen LogP contribution in [0, 0.1) is 18.8 Å². The van der Waals surface area contributed by atoms with Crippen LogP contribution in [0.2, 0.25) is 0 Å². The van der Waals surface area contributed by atoms with E-state index in [-0.39, 0.29) is 30.1 Å². The number of halogens is 1. The topological polar surface area (TPSA) is 46.1 Å². The molecule has 2 saturated heterocycles. The summed E-state index contributed by atoms with van der Waals surface area (Å²) in [5, 5.41) is 3.62. The lowest BCUT2D eigenvalue weighted by Gasteiger charge is -2.33. The van der Waals surface area contributed by atoms with Gasteiger partial charge in [-0.3, -0.25) is 4.99 Å². The van der Waals surface area contributed by atoms with E-state index in [1.165, 1.54) is 24.0 Å². The van der Waals surface area contributed by atoms with Gasteiger partial charge in [-0.25, -0.2) is 0 Å². The molecule has 28 heavy (non-hydrogen) atoms. The first-order chi connectivity index (χ1) is 13.2. The van der Waals surface area contributed by atoms with Gasteiger partial charge in [0, 0.05) is 51.7 Å². The molecule has 3 rings (SSSR count). The zero-order valence-corrected chi connectivity index (χ0v) is 19.9. The largest absolute Gasteiger partial charge is 0.381 e. The van der Waals surface area contributed by atoms with Crippen molar-refractivity contribution in [3.63, 3.8) is 0 Å². The van der Waals surface area contributed by atoms with Gasteiger partial charge in [0.15, 0.2) is 5.96 Å². The van der Waals surface area contributed by atoms with E-state index in [1.54, 1.807) is 0 Å². The van der Waals surface area contributed by atoms with Gasteiger partial charge in [-0.2, -0.15) is 0 Å². The summed E-state index contributed by atoms with van der Waals surface area (Å²) < 4.78 is 11.8. The van der Waals surface area contributed by atoms with E-state index in [9.17, 15) is 0 Å². The molecule has 6 heteroatoms. The SMILES string of the molecule is CCOCC1CCN(C(=NC)NCC2CCCOC2c2ccc(C)cc2)C1.I. The molecule has 158 valence electrons. The molecule has 0 aromatic heterocycles. The Morgan fingerprint density at radius 3 is 2.79 bits per heavy atom. The van der Waals surface area contributed by atoms with Crippen molar-refractivity contribution >= 4 is 29.9 Å². The molecule has 0 spiro atoms. The van der Waals surface area contributed by atoms with E-state index in [0.29, 0.717) is 11.8 Å². The van der Waals surface area contributed by atoms with E-state index >= 15 is 0 Å². The van der Waals surface area contributed by atoms with Crippen LogP contribution >= 0.6 is 24.0 Å². The number of nitrogens with one attached hydrogen (secondary N) is 1. The first-order valence-electron chi connectivity index (χ1n) is 10.4. The zero-order chi connectivity index (χ0) is 19.1. The van der Waals surface area contributed by atoms with Gasteiger partial charge in [0.2, 0.25) is 0 Å². The molecule has 3 atom stereocenters. The molecule has 0 amide bonds. The molecule has 1 N–H and O–H groups in total. The number of aryl methyl sites for hydroxylation is 1. The number of ether oxygens (including phenoxy) is 2. The first kappa shape index (κ1) is 23.4. The number of guanidine groups is 1. The van der Waals surface area contributed by atoms with Crippen molar-refractivity contribution in [3.8, 4) is 0 Å². The Kier molecular flexibility index (Phi) is 10.0. The Labute approximate surface area is 187 Å². The molecule has 0 saturated carbocycles. The maximum Gasteiger partial charge on any atom is 0.193 e. The normalized spacial score (nSPS) is 25.5. The van der Waals surface area contributed by atoms with Gasteiger partial charge in [0.25, 0.3) is 0 Å². The fraction of sp³-hybridized carbons (Fsp3) is 0.682. The highest BCUT2D eigenvalue weighted by Gasteiger charge is 2.29. The lowest BCUT2D eigenvalue weighted by Crippen LogP contribution is -2.43. The van der Waals surface area contributed by atoms with Crippen LogP contribution in [0.5, 0.6) is 0 Å². The fourth-order valence-electron chi connectivity index (χ4n) is 4.18. The monoisotopic (exact) mass is 501 g/mol. The molecule has 3 unspecified atom stereocenters. The van der Waals surface area contributed by atoms with E-state index < -0.39 is 0 Å². The van der Waals surface area contributed by atoms with E-state index in [4.69, 9.17) is 9.47 Å². The minimum Gasteiger partial charge on any atom is -0.381 e. The number of likely N-dealkylation sites (tertiary alicyclic amines) is 1. The molecule has 0 aliphatic carbocycles. The standard InChI is InChI=1S/C22H35N3O2.HI/c1-4-26-16-18-11-12-25(15-18)22(23-3)24-14-20-6-5-13-27-21(20)19-9-7-17(2)8-10-19;/h7-10,18,20-21H,4-6,11-16H2,1-3H3,(H,23,24);1H. The highest BCUT2D eigenvalue weighted by Crippen LogP contribution is 2.33. The van der Waals surface area contributed by atoms with E-state index in [2.05, 4.69) is 53.3 Å². The summed E-state index contributed by atoms with van der Waals surface area (Å²) in [5.41, 5.74) is 2.58. The molecule has 1 aromatic carbocycles. The van der Waals surface area contributed by atoms with Gasteiger partial charge >= 0.3 is 0 Å². The van der Waals surface area contributed by atoms with Crippen molar-refractivity contribution in [2.24, 2.45) is 16.8 Å². The van der Waals surface area contributed by atoms with Crippen LogP contribution in [-0.2, 0) is 9.47 Å². The fourth-order valence-corrected chi connectivity index (χ4v) is 4.18. The molecular weight excluding hydrogens is 465 g/mol. The highest BCUT2D eigenvalue weighted by atomic mass is 127. The van der Waals surface area contributed by atoms with Gasteiger partial charge in [0.1, 0.15) is 0 Å². The Morgan fingerprint density at radius 2 is 2.07 bits per heavy atom. The van der Waals surface area contributed by atoms with Gasteiger partial charge in [-0.1, -0.05) is 29.8 Å². The minimum absolute atomic E-state index is 0. The van der Waals surface area contributed by atoms with Crippen molar-refractivity contribution in [3.05, 3.63) is 35.4 Å². The third kappa shape index (κ3) is 6.32. The Balaban J connectivity index is 0.00000280. The maximum absolute atomic E-state index is 6.16. The number of aliphatic imine (C=N–C) groups is 1. The third-order valence-corrected chi connectivity index (χ3v) is 5.73. The second-order valence-electron chi connectivity index (χ2n) is 7.79. The molecule has 1 aromatic rings. The molecular formula is C22H36IN3O2. The quantitative estimate of drug-likeness (QED) is 0.364. The van der Waals surface area contributed by atoms with Crippen LogP contribution < -0.4 is 5.32 Å². The summed E-state index contributed by atoms with van der Waals surface area (Å²) in [4.78, 5) is 6.90. The van der Waals surface area contributed by atoms with Crippen LogP contribution in [0.3, 0.4) is 0 Å². The van der Waals surface area contributed by atoms with Gasteiger partial charge in [-0.05, 0) is 38.7 Å². The van der Waals surface area contributed by atoms with Crippen molar-refractivity contribution in [1.29, 1.82) is 0 Å². The third-order valence-electron chi connectivity index (χ3n) is 5.73. The van der Waals surface area contributed by atoms with Crippen LogP contribution in [-0.4, -0.2) is 57.4 Å². The smallest absolute Gasteiger partial charge is 0.193 e. The predicted octanol–water partition coefficient (Wildman–Crippen LogP) is 4.01. The molecule has 0 radical (unpaired) electrons. The van der Waals surface area contributed by atoms with Crippen LogP contribution in [0.15, 0.2) is 29.3 Å². The maximum atomic E-state index is 6.16. The number of hydrogen-bond acceptors (Lipinski definition) is 3. The zero-order valence-electron chi connectivity index (χ0n) is 17.5. The summed E-state index contributed by atoms with van der Waals surface area (Å²) in [5.74, 6) is 2.10. The van der Waals surface area contributed by atoms with Crippen LogP contribution in [0.25, 0.3) is 0 Å². The Hall–Kier alpha value is -0.860. The number of hydrogen-bond donors (Lipinski definition) is 1. The molecule has 2 aliphatic rings. The van der Waals surface area contributed by atoms with Crippen LogP contribution in [0.4, 0.5) is 0 Å². The lowest BCUT2D eigenvalue weighted by atomic mass is 9.89. The second-order valence-corrected chi connectivity index (χ2v) is 7.79. The lowest BCUT2D eigenvalue weighted by molar-refractivity contribution is -0.0266. The summed E-state index contributed by atoms with van der Waals surface area (Å²) in [6.07, 6.45) is 3.68. The Bertz CT molecular complexity index is 608. The van der Waals surface area contributed by atoms with Crippen molar-refractivity contribution in [2.45, 2.75) is 39.2 Å². The first-order valence-corrected chi connectivity index (χ1v) is 10.4. The molecule has 2 aliphatic heterocycles. The molecule has 2 heterocycles. The second kappa shape index (κ2) is 12.0. The predicted molar refractivity (Wildman–Crippen MR) is 126 cm³/mol. The molecule has 0 bridgehead atoms. The minimum atomic E-state index is 0. The average molecular weight is 501 g/mol. The Morgan fingerprint density at radius 1 is 1.29 bits per heavy atom. The van der Waals surface area contributed by atoms with Gasteiger partial charge in [-0.15, -0.1) is 24.0 Å². The highest BCUT2D eigenvalue weighted by molar-refractivity contribution is 14.0. The van der Waals surface area contributed by atoms with Crippen molar-refractivity contribution in [1.82, 2.24) is 10.2 Å². The number of nitrogens with zero attached hydrogens (tertiary/aromatic N) is 2. The van der Waals surface area contributed by atoms with Gasteiger partial charge in [0.05, 0.1) is 12.7 Å². The van der Waals surface area contributed by atoms with E-state index in [0.717, 1.165) is 51.8 Å². The summed E-state index contributed by atoms with van der Waals surface area (Å²) >= 11 is 0. The summed E-state index contributed by atoms with van der Waals surface area (Å²) in [6.45, 7) is 9.68. The summed E-state index contributed by atoms with van der Waals surface area (Å²) in [7, 11) is 1.88. The van der Waals surface area contributed by atoms with E-state index in [1.807, 2.05) is 7.05 Å². The van der Waals surface area contributed by atoms with Gasteiger partial charge < -0.3 is 19.7 Å².